The Bertz CT molecular complexity index is 1210. The van der Waals surface area contributed by atoms with E-state index in [-0.39, 0.29) is 11.9 Å². The molecule has 1 N–H and O–H groups in total. The summed E-state index contributed by atoms with van der Waals surface area (Å²) >= 11 is 0. The number of nitrogens with zero attached hydrogens (tertiary/aromatic N) is 5. The molecule has 0 spiro atoms. The molecule has 2 aromatic heterocycles. The van der Waals surface area contributed by atoms with Gasteiger partial charge in [0.2, 0.25) is 0 Å². The quantitative estimate of drug-likeness (QED) is 0.584. The summed E-state index contributed by atoms with van der Waals surface area (Å²) < 4.78 is 7.63. The number of benzene rings is 2. The van der Waals surface area contributed by atoms with Crippen LogP contribution in [0.25, 0.3) is 28.1 Å². The van der Waals surface area contributed by atoms with E-state index in [1.165, 1.54) is 0 Å². The van der Waals surface area contributed by atoms with Crippen LogP contribution in [0, 0.1) is 0 Å². The SMILES string of the molecule is Oc1cccc(-c2nc(N3CC4CC3CO4)c3cnn(-c4ccccc4)c3n2)c1. The lowest BCUT2D eigenvalue weighted by atomic mass is 10.2. The maximum absolute atomic E-state index is 9.95. The average Bonchev–Trinajstić information content (AvgIpc) is 3.49. The highest BCUT2D eigenvalue weighted by molar-refractivity contribution is 5.90. The van der Waals surface area contributed by atoms with Crippen molar-refractivity contribution in [3.8, 4) is 22.8 Å². The summed E-state index contributed by atoms with van der Waals surface area (Å²) in [4.78, 5) is 12.1. The van der Waals surface area contributed by atoms with Crippen LogP contribution in [-0.2, 0) is 4.74 Å². The first kappa shape index (κ1) is 16.5. The van der Waals surface area contributed by atoms with Gasteiger partial charge in [0.15, 0.2) is 11.5 Å². The van der Waals surface area contributed by atoms with Crippen molar-refractivity contribution in [1.29, 1.82) is 0 Å². The van der Waals surface area contributed by atoms with Gasteiger partial charge in [-0.3, -0.25) is 0 Å². The second kappa shape index (κ2) is 6.28. The topological polar surface area (TPSA) is 76.3 Å². The Morgan fingerprint density at radius 3 is 2.69 bits per heavy atom. The van der Waals surface area contributed by atoms with E-state index in [1.807, 2.05) is 47.3 Å². The summed E-state index contributed by atoms with van der Waals surface area (Å²) in [7, 11) is 0. The van der Waals surface area contributed by atoms with E-state index >= 15 is 0 Å². The second-order valence-electron chi connectivity index (χ2n) is 7.55. The number of rotatable bonds is 3. The first-order chi connectivity index (χ1) is 14.3. The molecule has 2 unspecified atom stereocenters. The first-order valence-corrected chi connectivity index (χ1v) is 9.75. The molecular formula is C22H19N5O2. The maximum atomic E-state index is 9.95. The minimum atomic E-state index is 0.193. The fraction of sp³-hybridized carbons (Fsp3) is 0.227. The molecule has 0 saturated carbocycles. The van der Waals surface area contributed by atoms with Crippen LogP contribution in [0.3, 0.4) is 0 Å². The van der Waals surface area contributed by atoms with E-state index < -0.39 is 0 Å². The van der Waals surface area contributed by atoms with Gasteiger partial charge in [-0.15, -0.1) is 0 Å². The van der Waals surface area contributed by atoms with Crippen LogP contribution in [0.1, 0.15) is 6.42 Å². The highest BCUT2D eigenvalue weighted by Gasteiger charge is 2.40. The molecule has 29 heavy (non-hydrogen) atoms. The summed E-state index contributed by atoms with van der Waals surface area (Å²) in [5, 5.41) is 15.5. The lowest BCUT2D eigenvalue weighted by Gasteiger charge is -2.28. The Balaban J connectivity index is 1.58. The van der Waals surface area contributed by atoms with Crippen LogP contribution in [0.4, 0.5) is 5.82 Å². The summed E-state index contributed by atoms with van der Waals surface area (Å²) in [6.45, 7) is 1.55. The molecule has 4 heterocycles. The van der Waals surface area contributed by atoms with Crippen LogP contribution in [0.15, 0.2) is 60.8 Å². The molecule has 7 heteroatoms. The summed E-state index contributed by atoms with van der Waals surface area (Å²) in [5.74, 6) is 1.65. The number of aromatic hydroxyl groups is 1. The summed E-state index contributed by atoms with van der Waals surface area (Å²) in [5.41, 5.74) is 2.47. The molecule has 2 bridgehead atoms. The van der Waals surface area contributed by atoms with Crippen molar-refractivity contribution in [3.63, 3.8) is 0 Å². The number of hydrogen-bond acceptors (Lipinski definition) is 6. The van der Waals surface area contributed by atoms with Gasteiger partial charge in [-0.2, -0.15) is 5.10 Å². The summed E-state index contributed by atoms with van der Waals surface area (Å²) in [6, 6.07) is 17.3. The monoisotopic (exact) mass is 385 g/mol. The Morgan fingerprint density at radius 1 is 1.03 bits per heavy atom. The third-order valence-corrected chi connectivity index (χ3v) is 5.69. The van der Waals surface area contributed by atoms with Gasteiger partial charge in [0.25, 0.3) is 0 Å². The van der Waals surface area contributed by atoms with Gasteiger partial charge in [-0.05, 0) is 30.7 Å². The maximum Gasteiger partial charge on any atom is 0.169 e. The highest BCUT2D eigenvalue weighted by Crippen LogP contribution is 2.36. The Morgan fingerprint density at radius 2 is 1.93 bits per heavy atom. The molecule has 2 atom stereocenters. The van der Waals surface area contributed by atoms with E-state index in [0.29, 0.717) is 11.9 Å². The highest BCUT2D eigenvalue weighted by atomic mass is 16.5. The predicted molar refractivity (Wildman–Crippen MR) is 109 cm³/mol. The normalized spacial score (nSPS) is 20.6. The fourth-order valence-corrected chi connectivity index (χ4v) is 4.30. The predicted octanol–water partition coefficient (Wildman–Crippen LogP) is 3.17. The van der Waals surface area contributed by atoms with Gasteiger partial charge in [0.05, 0.1) is 36.0 Å². The molecule has 0 amide bonds. The lowest BCUT2D eigenvalue weighted by molar-refractivity contribution is 0.0990. The molecule has 2 aliphatic rings. The molecule has 144 valence electrons. The largest absolute Gasteiger partial charge is 0.508 e. The van der Waals surface area contributed by atoms with Crippen molar-refractivity contribution in [2.24, 2.45) is 0 Å². The Kier molecular flexibility index (Phi) is 3.57. The number of aromatic nitrogens is 4. The molecule has 2 saturated heterocycles. The fourth-order valence-electron chi connectivity index (χ4n) is 4.30. The van der Waals surface area contributed by atoms with Gasteiger partial charge in [-0.25, -0.2) is 14.6 Å². The molecule has 2 fully saturated rings. The van der Waals surface area contributed by atoms with E-state index in [1.54, 1.807) is 18.2 Å². The molecule has 0 aliphatic carbocycles. The molecule has 6 rings (SSSR count). The number of hydrogen-bond donors (Lipinski definition) is 1. The molecule has 4 aromatic rings. The summed E-state index contributed by atoms with van der Waals surface area (Å²) in [6.07, 6.45) is 3.13. The third kappa shape index (κ3) is 2.66. The van der Waals surface area contributed by atoms with Crippen molar-refractivity contribution in [3.05, 3.63) is 60.8 Å². The molecular weight excluding hydrogens is 366 g/mol. The van der Waals surface area contributed by atoms with Crippen LogP contribution >= 0.6 is 0 Å². The zero-order valence-electron chi connectivity index (χ0n) is 15.6. The van der Waals surface area contributed by atoms with Crippen molar-refractivity contribution in [2.45, 2.75) is 18.6 Å². The average molecular weight is 385 g/mol. The first-order valence-electron chi connectivity index (χ1n) is 9.75. The minimum Gasteiger partial charge on any atom is -0.508 e. The van der Waals surface area contributed by atoms with Gasteiger partial charge >= 0.3 is 0 Å². The zero-order valence-corrected chi connectivity index (χ0v) is 15.6. The molecule has 2 aliphatic heterocycles. The second-order valence-corrected chi connectivity index (χ2v) is 7.55. The van der Waals surface area contributed by atoms with E-state index in [9.17, 15) is 5.11 Å². The number of fused-ring (bicyclic) bond motifs is 3. The van der Waals surface area contributed by atoms with Gasteiger partial charge < -0.3 is 14.7 Å². The van der Waals surface area contributed by atoms with Crippen molar-refractivity contribution < 1.29 is 9.84 Å². The smallest absolute Gasteiger partial charge is 0.169 e. The van der Waals surface area contributed by atoms with Gasteiger partial charge in [-0.1, -0.05) is 30.3 Å². The zero-order chi connectivity index (χ0) is 19.4. The minimum absolute atomic E-state index is 0.193. The number of morpholine rings is 1. The number of anilines is 1. The standard InChI is InChI=1S/C22H19N5O2/c28-17-8-4-5-14(9-17)20-24-21(26-12-18-10-16(26)13-29-18)19-11-23-27(22(19)25-20)15-6-2-1-3-7-15/h1-9,11,16,18,28H,10,12-13H2. The number of para-hydroxylation sites is 1. The number of phenolic OH excluding ortho intramolecular Hbond substituents is 1. The molecule has 2 aromatic carbocycles. The Labute approximate surface area is 167 Å². The molecule has 7 nitrogen and oxygen atoms in total. The van der Waals surface area contributed by atoms with Gasteiger partial charge in [0, 0.05) is 12.1 Å². The van der Waals surface area contributed by atoms with Crippen molar-refractivity contribution in [1.82, 2.24) is 19.7 Å². The van der Waals surface area contributed by atoms with Crippen molar-refractivity contribution in [2.75, 3.05) is 18.1 Å². The number of ether oxygens (including phenoxy) is 1. The van der Waals surface area contributed by atoms with Crippen molar-refractivity contribution >= 4 is 16.9 Å². The van der Waals surface area contributed by atoms with Gasteiger partial charge in [0.1, 0.15) is 11.6 Å². The third-order valence-electron chi connectivity index (χ3n) is 5.69. The van der Waals surface area contributed by atoms with Crippen LogP contribution in [-0.4, -0.2) is 50.2 Å². The van der Waals surface area contributed by atoms with E-state index in [0.717, 1.165) is 47.7 Å². The van der Waals surface area contributed by atoms with E-state index in [2.05, 4.69) is 10.00 Å². The van der Waals surface area contributed by atoms with Crippen LogP contribution in [0.5, 0.6) is 5.75 Å². The molecule has 0 radical (unpaired) electrons. The lowest BCUT2D eigenvalue weighted by Crippen LogP contribution is -2.37. The van der Waals surface area contributed by atoms with E-state index in [4.69, 9.17) is 14.7 Å². The number of phenols is 1. The van der Waals surface area contributed by atoms with Crippen LogP contribution in [0.2, 0.25) is 0 Å². The van der Waals surface area contributed by atoms with Crippen LogP contribution < -0.4 is 4.90 Å². The Hall–Kier alpha value is -3.45.